The van der Waals surface area contributed by atoms with Crippen LogP contribution in [0.15, 0.2) is 41.9 Å². The van der Waals surface area contributed by atoms with Crippen LogP contribution in [0.2, 0.25) is 0 Å². The molecule has 2 rings (SSSR count). The number of para-hydroxylation sites is 1. The first-order chi connectivity index (χ1) is 12.1. The van der Waals surface area contributed by atoms with Crippen molar-refractivity contribution in [3.8, 4) is 6.07 Å². The molecule has 0 saturated heterocycles. The van der Waals surface area contributed by atoms with E-state index in [-0.39, 0.29) is 11.2 Å². The van der Waals surface area contributed by atoms with Crippen LogP contribution in [0.3, 0.4) is 0 Å². The summed E-state index contributed by atoms with van der Waals surface area (Å²) in [5, 5.41) is 27.1. The molecule has 0 aliphatic heterocycles. The van der Waals surface area contributed by atoms with Gasteiger partial charge in [0.25, 0.3) is 5.91 Å². The number of nitrogens with one attached hydrogen (secondary N) is 2. The normalized spacial score (nSPS) is 11.5. The molecule has 0 radical (unpaired) electrons. The van der Waals surface area contributed by atoms with Crippen LogP contribution in [0.5, 0.6) is 0 Å². The number of aliphatic hydroxyl groups is 1. The zero-order valence-corrected chi connectivity index (χ0v) is 14.9. The molecule has 2 aromatic rings. The molecule has 1 aromatic carbocycles. The van der Waals surface area contributed by atoms with Crippen molar-refractivity contribution in [1.29, 1.82) is 5.26 Å². The van der Waals surface area contributed by atoms with Gasteiger partial charge in [-0.3, -0.25) is 9.89 Å². The number of benzene rings is 1. The number of rotatable bonds is 3. The molecule has 1 heterocycles. The summed E-state index contributed by atoms with van der Waals surface area (Å²) in [6.07, 6.45) is 0. The summed E-state index contributed by atoms with van der Waals surface area (Å²) in [6.45, 7) is 6.00. The summed E-state index contributed by atoms with van der Waals surface area (Å²) in [6, 6.07) is 10.8. The summed E-state index contributed by atoms with van der Waals surface area (Å²) < 4.78 is 0. The molecule has 0 saturated carbocycles. The van der Waals surface area contributed by atoms with Crippen molar-refractivity contribution in [2.45, 2.75) is 26.2 Å². The number of hydrogen-bond donors (Lipinski definition) is 6. The van der Waals surface area contributed by atoms with Gasteiger partial charge in [-0.15, -0.1) is 0 Å². The second-order valence-corrected chi connectivity index (χ2v) is 6.34. The molecule has 1 aromatic heterocycles. The lowest BCUT2D eigenvalue weighted by molar-refractivity contribution is -0.114. The molecular weight excluding hydrogens is 334 g/mol. The molecule has 0 atom stereocenters. The van der Waals surface area contributed by atoms with E-state index >= 15 is 0 Å². The number of hydrogen-bond acceptors (Lipinski definition) is 7. The lowest BCUT2D eigenvalue weighted by atomic mass is 9.90. The summed E-state index contributed by atoms with van der Waals surface area (Å²) >= 11 is 0. The Bertz CT molecular complexity index is 827. The predicted octanol–water partition coefficient (Wildman–Crippen LogP) is 1.43. The number of nitriles is 1. The Morgan fingerprint density at radius 1 is 1.27 bits per heavy atom. The van der Waals surface area contributed by atoms with Gasteiger partial charge in [0.2, 0.25) is 5.88 Å². The van der Waals surface area contributed by atoms with Gasteiger partial charge in [0.1, 0.15) is 11.6 Å². The minimum atomic E-state index is -0.870. The smallest absolute Gasteiger partial charge is 0.270 e. The molecule has 0 fully saturated rings. The Balaban J connectivity index is 0.000000263. The van der Waals surface area contributed by atoms with E-state index in [1.807, 2.05) is 32.9 Å². The quantitative estimate of drug-likeness (QED) is 0.355. The molecule has 0 unspecified atom stereocenters. The fraction of sp³-hybridized carbons (Fsp3) is 0.235. The van der Waals surface area contributed by atoms with E-state index in [2.05, 4.69) is 15.5 Å². The van der Waals surface area contributed by atoms with Crippen LogP contribution >= 0.6 is 0 Å². The maximum Gasteiger partial charge on any atom is 0.270 e. The number of H-pyrrole nitrogens is 1. The van der Waals surface area contributed by atoms with E-state index in [0.717, 1.165) is 5.69 Å². The Kier molecular flexibility index (Phi) is 6.61. The molecule has 0 bridgehead atoms. The van der Waals surface area contributed by atoms with E-state index in [0.29, 0.717) is 11.3 Å². The summed E-state index contributed by atoms with van der Waals surface area (Å²) in [7, 11) is 0. The predicted molar refractivity (Wildman–Crippen MR) is 99.5 cm³/mol. The highest BCUT2D eigenvalue weighted by Gasteiger charge is 2.22. The van der Waals surface area contributed by atoms with Crippen LogP contribution in [0.25, 0.3) is 0 Å². The number of carbonyl (C=O) groups is 1. The molecule has 0 aliphatic carbocycles. The molecular formula is C17H23N7O2. The first-order valence-electron chi connectivity index (χ1n) is 7.63. The average Bonchev–Trinajstić information content (AvgIpc) is 2.96. The Morgan fingerprint density at radius 3 is 2.27 bits per heavy atom. The van der Waals surface area contributed by atoms with E-state index in [1.165, 1.54) is 0 Å². The van der Waals surface area contributed by atoms with Gasteiger partial charge in [0.15, 0.2) is 11.5 Å². The van der Waals surface area contributed by atoms with E-state index in [9.17, 15) is 9.90 Å². The first kappa shape index (κ1) is 20.4. The number of amides is 1. The second-order valence-electron chi connectivity index (χ2n) is 6.34. The van der Waals surface area contributed by atoms with Gasteiger partial charge in [0, 0.05) is 11.1 Å². The number of nitrogens with zero attached hydrogens (tertiary/aromatic N) is 2. The van der Waals surface area contributed by atoms with Crippen LogP contribution < -0.4 is 22.5 Å². The number of primary amides is 1. The van der Waals surface area contributed by atoms with Gasteiger partial charge in [-0.1, -0.05) is 39.0 Å². The standard InChI is InChI=1S/C9H11N3O2.C8H12N4/c10-7(8(11)13)9(14)12-6-4-2-1-3-5-6;1-8(2,3)6-5(4-9)7(10)12-11-6/h1-5,12,14H,10H2,(H2,11,13);1-3H3,(H3,10,11,12)/b9-7-;. The van der Waals surface area contributed by atoms with Crippen molar-refractivity contribution in [3.05, 3.63) is 53.2 Å². The number of nitrogens with two attached hydrogens (primary N) is 3. The topological polar surface area (TPSA) is 180 Å². The largest absolute Gasteiger partial charge is 0.493 e. The monoisotopic (exact) mass is 357 g/mol. The van der Waals surface area contributed by atoms with E-state index < -0.39 is 17.5 Å². The van der Waals surface area contributed by atoms with Crippen LogP contribution in [0, 0.1) is 11.3 Å². The molecule has 1 amide bonds. The van der Waals surface area contributed by atoms with Crippen molar-refractivity contribution in [1.82, 2.24) is 10.2 Å². The zero-order chi connectivity index (χ0) is 19.9. The Labute approximate surface area is 151 Å². The van der Waals surface area contributed by atoms with Gasteiger partial charge < -0.3 is 27.6 Å². The summed E-state index contributed by atoms with van der Waals surface area (Å²) in [5.41, 5.74) is 16.9. The summed E-state index contributed by atoms with van der Waals surface area (Å²) in [5.74, 6) is -1.03. The molecule has 9 heteroatoms. The zero-order valence-electron chi connectivity index (χ0n) is 14.9. The maximum atomic E-state index is 10.6. The number of aromatic nitrogens is 2. The van der Waals surface area contributed by atoms with E-state index in [4.69, 9.17) is 22.5 Å². The summed E-state index contributed by atoms with van der Waals surface area (Å²) in [4.78, 5) is 10.6. The Hall–Kier alpha value is -3.67. The second kappa shape index (κ2) is 8.43. The number of nitrogen functional groups attached to an aromatic ring is 1. The highest BCUT2D eigenvalue weighted by atomic mass is 16.3. The first-order valence-corrected chi connectivity index (χ1v) is 7.63. The van der Waals surface area contributed by atoms with Crippen molar-refractivity contribution in [2.75, 3.05) is 11.1 Å². The van der Waals surface area contributed by atoms with Crippen molar-refractivity contribution < 1.29 is 9.90 Å². The Morgan fingerprint density at radius 2 is 1.85 bits per heavy atom. The molecule has 9 N–H and O–H groups in total. The highest BCUT2D eigenvalue weighted by Crippen LogP contribution is 2.25. The average molecular weight is 357 g/mol. The fourth-order valence-electron chi connectivity index (χ4n) is 1.85. The molecule has 138 valence electrons. The lowest BCUT2D eigenvalue weighted by Crippen LogP contribution is -2.24. The van der Waals surface area contributed by atoms with Crippen LogP contribution in [-0.4, -0.2) is 21.2 Å². The molecule has 0 aliphatic rings. The molecule has 9 nitrogen and oxygen atoms in total. The maximum absolute atomic E-state index is 10.6. The van der Waals surface area contributed by atoms with Crippen LogP contribution in [0.1, 0.15) is 32.0 Å². The number of carbonyl (C=O) groups excluding carboxylic acids is 1. The van der Waals surface area contributed by atoms with Gasteiger partial charge in [-0.05, 0) is 12.1 Å². The van der Waals surface area contributed by atoms with Gasteiger partial charge in [-0.25, -0.2) is 0 Å². The SMILES string of the molecule is CC(C)(C)c1[nH]nc(N)c1C#N.NC(=O)/C(N)=C(/O)Nc1ccccc1. The highest BCUT2D eigenvalue weighted by molar-refractivity contribution is 5.91. The molecule has 0 spiro atoms. The number of anilines is 2. The van der Waals surface area contributed by atoms with Crippen molar-refractivity contribution in [2.24, 2.45) is 11.5 Å². The van der Waals surface area contributed by atoms with Gasteiger partial charge >= 0.3 is 0 Å². The lowest BCUT2D eigenvalue weighted by Gasteiger charge is -2.15. The van der Waals surface area contributed by atoms with Crippen LogP contribution in [0.4, 0.5) is 11.5 Å². The number of aliphatic hydroxyl groups excluding tert-OH is 1. The van der Waals surface area contributed by atoms with E-state index in [1.54, 1.807) is 24.3 Å². The fourth-order valence-corrected chi connectivity index (χ4v) is 1.85. The van der Waals surface area contributed by atoms with Crippen LogP contribution in [-0.2, 0) is 10.2 Å². The van der Waals surface area contributed by atoms with Gasteiger partial charge in [0.05, 0.1) is 5.69 Å². The van der Waals surface area contributed by atoms with Gasteiger partial charge in [-0.2, -0.15) is 10.4 Å². The molecule has 26 heavy (non-hydrogen) atoms. The minimum absolute atomic E-state index is 0.115. The third-order valence-electron chi connectivity index (χ3n) is 3.21. The number of aromatic amines is 1. The third-order valence-corrected chi connectivity index (χ3v) is 3.21. The third kappa shape index (κ3) is 5.45. The van der Waals surface area contributed by atoms with Crippen molar-refractivity contribution in [3.63, 3.8) is 0 Å². The van der Waals surface area contributed by atoms with Crippen molar-refractivity contribution >= 4 is 17.4 Å². The minimum Gasteiger partial charge on any atom is -0.493 e.